The summed E-state index contributed by atoms with van der Waals surface area (Å²) < 4.78 is 10.8. The van der Waals surface area contributed by atoms with Crippen LogP contribution < -0.4 is 10.0 Å². The summed E-state index contributed by atoms with van der Waals surface area (Å²) in [5, 5.41) is 1.32. The predicted octanol–water partition coefficient (Wildman–Crippen LogP) is 4.95. The highest BCUT2D eigenvalue weighted by Crippen LogP contribution is 2.38. The lowest BCUT2D eigenvalue weighted by molar-refractivity contribution is 0.0504. The first-order valence-electron chi connectivity index (χ1n) is 8.52. The van der Waals surface area contributed by atoms with Gasteiger partial charge in [-0.1, -0.05) is 58.0 Å². The van der Waals surface area contributed by atoms with Gasteiger partial charge in [0.25, 0.3) is 0 Å². The van der Waals surface area contributed by atoms with Gasteiger partial charge in [-0.05, 0) is 37.7 Å². The van der Waals surface area contributed by atoms with Crippen LogP contribution in [-0.4, -0.2) is 25.7 Å². The van der Waals surface area contributed by atoms with Crippen LogP contribution in [-0.2, 0) is 4.74 Å². The molecule has 0 amide bonds. The zero-order valence-corrected chi connectivity index (χ0v) is 16.7. The van der Waals surface area contributed by atoms with Crippen LogP contribution in [0, 0.1) is 0 Å². The quantitative estimate of drug-likeness (QED) is 0.399. The Kier molecular flexibility index (Phi) is 7.16. The minimum Gasteiger partial charge on any atom is -0.467 e. The van der Waals surface area contributed by atoms with E-state index in [1.165, 1.54) is 16.4 Å². The fraction of sp³-hybridized carbons (Fsp3) is 0.381. The number of methoxy groups -OCH3 is 1. The molecule has 134 valence electrons. The van der Waals surface area contributed by atoms with Crippen molar-refractivity contribution < 1.29 is 9.47 Å². The molecule has 0 aliphatic rings. The number of hydrogen-bond donors (Lipinski definition) is 0. The van der Waals surface area contributed by atoms with Gasteiger partial charge in [0, 0.05) is 24.5 Å². The van der Waals surface area contributed by atoms with Crippen molar-refractivity contribution in [3.05, 3.63) is 59.7 Å². The predicted molar refractivity (Wildman–Crippen MR) is 109 cm³/mol. The number of ether oxygens (including phenoxy) is 2. The zero-order valence-electron chi connectivity index (χ0n) is 15.7. The maximum atomic E-state index is 5.72. The molecule has 0 spiro atoms. The van der Waals surface area contributed by atoms with E-state index >= 15 is 0 Å². The lowest BCUT2D eigenvalue weighted by Gasteiger charge is -2.18. The van der Waals surface area contributed by atoms with E-state index in [1.807, 2.05) is 18.3 Å². The molecule has 2 rings (SSSR count). The Bertz CT molecular complexity index is 707. The van der Waals surface area contributed by atoms with Gasteiger partial charge in [0.15, 0.2) is 6.79 Å². The molecule has 0 heterocycles. The van der Waals surface area contributed by atoms with E-state index in [-0.39, 0.29) is 12.3 Å². The van der Waals surface area contributed by atoms with Gasteiger partial charge >= 0.3 is 0 Å². The first-order chi connectivity index (χ1) is 11.9. The Morgan fingerprint density at radius 2 is 1.76 bits per heavy atom. The van der Waals surface area contributed by atoms with Crippen molar-refractivity contribution in [2.75, 3.05) is 13.9 Å². The maximum absolute atomic E-state index is 5.72. The molecule has 0 fully saturated rings. The first-order valence-corrected chi connectivity index (χ1v) is 9.60. The minimum absolute atomic E-state index is 0.0670. The molecule has 0 aliphatic heterocycles. The molecule has 2 aromatic carbocycles. The van der Waals surface area contributed by atoms with Crippen LogP contribution in [0.2, 0.25) is 0 Å². The second-order valence-corrected chi connectivity index (χ2v) is 8.66. The van der Waals surface area contributed by atoms with Gasteiger partial charge < -0.3 is 9.47 Å². The van der Waals surface area contributed by atoms with Crippen LogP contribution in [0.25, 0.3) is 0 Å². The van der Waals surface area contributed by atoms with Crippen LogP contribution in [0.1, 0.15) is 44.5 Å². The van der Waals surface area contributed by atoms with Crippen molar-refractivity contribution in [1.29, 1.82) is 0 Å². The summed E-state index contributed by atoms with van der Waals surface area (Å²) in [6, 6.07) is 16.7. The van der Waals surface area contributed by atoms with Crippen LogP contribution in [0.4, 0.5) is 0 Å². The van der Waals surface area contributed by atoms with E-state index < -0.39 is 0 Å². The number of nitrogens with zero attached hydrogens (tertiary/aromatic N) is 1. The lowest BCUT2D eigenvalue weighted by Crippen LogP contribution is -2.12. The molecular formula is C21H28NO2P. The average Bonchev–Trinajstić information content (AvgIpc) is 2.58. The summed E-state index contributed by atoms with van der Waals surface area (Å²) in [6.07, 6.45) is 2.00. The van der Waals surface area contributed by atoms with Crippen molar-refractivity contribution in [2.24, 2.45) is 4.99 Å². The van der Waals surface area contributed by atoms with E-state index in [0.29, 0.717) is 14.2 Å². The van der Waals surface area contributed by atoms with Crippen molar-refractivity contribution in [1.82, 2.24) is 0 Å². The Labute approximate surface area is 153 Å². The van der Waals surface area contributed by atoms with E-state index in [9.17, 15) is 0 Å². The van der Waals surface area contributed by atoms with Gasteiger partial charge in [-0.3, -0.25) is 4.99 Å². The van der Waals surface area contributed by atoms with Crippen LogP contribution in [0.5, 0.6) is 5.75 Å². The SMILES string of the molecule is COCOc1ccccc1C(C)Pc1ccccc1C=NC(C)(C)C. The lowest BCUT2D eigenvalue weighted by atomic mass is 10.1. The Morgan fingerprint density at radius 3 is 2.48 bits per heavy atom. The molecule has 3 nitrogen and oxygen atoms in total. The number of para-hydroxylation sites is 1. The summed E-state index contributed by atoms with van der Waals surface area (Å²) >= 11 is 0. The summed E-state index contributed by atoms with van der Waals surface area (Å²) in [6.45, 7) is 8.84. The second-order valence-electron chi connectivity index (χ2n) is 6.97. The third kappa shape index (κ3) is 6.26. The topological polar surface area (TPSA) is 30.8 Å². The van der Waals surface area contributed by atoms with Gasteiger partial charge in [0.2, 0.25) is 0 Å². The molecule has 4 heteroatoms. The summed E-state index contributed by atoms with van der Waals surface area (Å²) in [5.74, 6) is 0.894. The van der Waals surface area contributed by atoms with Crippen molar-refractivity contribution in [3.8, 4) is 5.75 Å². The highest BCUT2D eigenvalue weighted by Gasteiger charge is 2.14. The Hall–Kier alpha value is -1.70. The van der Waals surface area contributed by atoms with Gasteiger partial charge in [0.05, 0.1) is 5.54 Å². The number of aliphatic imine (C=N–C) groups is 1. The Morgan fingerprint density at radius 1 is 1.08 bits per heavy atom. The highest BCUT2D eigenvalue weighted by atomic mass is 31.1. The van der Waals surface area contributed by atoms with Gasteiger partial charge in [0.1, 0.15) is 5.75 Å². The number of rotatable bonds is 7. The standard InChI is InChI=1S/C21H28NO2P/c1-16(18-11-7-8-12-19(18)24-15-23-5)25-20-13-9-6-10-17(20)14-22-21(2,3)4/h6-14,16,25H,15H2,1-5H3. The second kappa shape index (κ2) is 9.12. The van der Waals surface area contributed by atoms with Crippen molar-refractivity contribution in [2.45, 2.75) is 38.9 Å². The van der Waals surface area contributed by atoms with E-state index in [0.717, 1.165) is 5.75 Å². The van der Waals surface area contributed by atoms with Crippen LogP contribution in [0.15, 0.2) is 53.5 Å². The summed E-state index contributed by atoms with van der Waals surface area (Å²) in [7, 11) is 2.27. The average molecular weight is 357 g/mol. The molecule has 0 N–H and O–H groups in total. The van der Waals surface area contributed by atoms with Gasteiger partial charge in [-0.15, -0.1) is 0 Å². The Balaban J connectivity index is 2.22. The van der Waals surface area contributed by atoms with Crippen molar-refractivity contribution in [3.63, 3.8) is 0 Å². The molecule has 2 atom stereocenters. The molecule has 0 aromatic heterocycles. The number of benzene rings is 2. The summed E-state index contributed by atoms with van der Waals surface area (Å²) in [5.41, 5.74) is 2.69. The van der Waals surface area contributed by atoms with Crippen LogP contribution in [0.3, 0.4) is 0 Å². The van der Waals surface area contributed by atoms with Crippen LogP contribution >= 0.6 is 8.58 Å². The molecule has 0 aliphatic carbocycles. The number of hydrogen-bond acceptors (Lipinski definition) is 3. The largest absolute Gasteiger partial charge is 0.467 e. The molecule has 2 aromatic rings. The van der Waals surface area contributed by atoms with E-state index in [4.69, 9.17) is 9.47 Å². The zero-order chi connectivity index (χ0) is 18.3. The van der Waals surface area contributed by atoms with Gasteiger partial charge in [-0.25, -0.2) is 0 Å². The smallest absolute Gasteiger partial charge is 0.188 e. The maximum Gasteiger partial charge on any atom is 0.188 e. The molecule has 0 bridgehead atoms. The normalized spacial score (nSPS) is 13.6. The van der Waals surface area contributed by atoms with Crippen molar-refractivity contribution >= 4 is 20.1 Å². The third-order valence-corrected chi connectivity index (χ3v) is 5.15. The van der Waals surface area contributed by atoms with E-state index in [2.05, 4.69) is 69.1 Å². The van der Waals surface area contributed by atoms with Gasteiger partial charge in [-0.2, -0.15) is 0 Å². The monoisotopic (exact) mass is 357 g/mol. The molecule has 25 heavy (non-hydrogen) atoms. The minimum atomic E-state index is -0.0670. The first kappa shape index (κ1) is 19.6. The molecular weight excluding hydrogens is 329 g/mol. The molecule has 2 unspecified atom stereocenters. The third-order valence-electron chi connectivity index (χ3n) is 3.64. The van der Waals surface area contributed by atoms with E-state index in [1.54, 1.807) is 7.11 Å². The fourth-order valence-electron chi connectivity index (χ4n) is 2.41. The summed E-state index contributed by atoms with van der Waals surface area (Å²) in [4.78, 5) is 4.66. The molecule has 0 saturated heterocycles. The molecule has 0 radical (unpaired) electrons. The fourth-order valence-corrected chi connectivity index (χ4v) is 3.77. The highest BCUT2D eigenvalue weighted by molar-refractivity contribution is 7.47. The molecule has 0 saturated carbocycles.